The van der Waals surface area contributed by atoms with E-state index < -0.39 is 5.41 Å². The minimum absolute atomic E-state index is 0.0326. The van der Waals surface area contributed by atoms with E-state index >= 15 is 0 Å². The van der Waals surface area contributed by atoms with Gasteiger partial charge in [-0.2, -0.15) is 5.10 Å². The molecule has 144 valence electrons. The number of aromatic nitrogens is 3. The van der Waals surface area contributed by atoms with Gasteiger partial charge in [-0.15, -0.1) is 0 Å². The minimum atomic E-state index is -0.650. The SMILES string of the molecule is CC1(C)C(=O)Nc2nccc(-c3nn(C[C@H]4COCCN4)c4ccccc34)c21. The molecule has 2 aliphatic rings. The highest BCUT2D eigenvalue weighted by atomic mass is 16.5. The van der Waals surface area contributed by atoms with Gasteiger partial charge in [0.2, 0.25) is 5.91 Å². The van der Waals surface area contributed by atoms with E-state index in [1.165, 1.54) is 0 Å². The molecular weight excluding hydrogens is 354 g/mol. The molecule has 0 spiro atoms. The van der Waals surface area contributed by atoms with Crippen molar-refractivity contribution >= 4 is 22.6 Å². The highest BCUT2D eigenvalue weighted by molar-refractivity contribution is 6.08. The fraction of sp³-hybridized carbons (Fsp3) is 0.381. The van der Waals surface area contributed by atoms with Crippen LogP contribution in [0.25, 0.3) is 22.2 Å². The lowest BCUT2D eigenvalue weighted by Gasteiger charge is -2.23. The first-order valence-corrected chi connectivity index (χ1v) is 9.63. The van der Waals surface area contributed by atoms with E-state index in [0.717, 1.165) is 47.4 Å². The third-order valence-electron chi connectivity index (χ3n) is 5.68. The summed E-state index contributed by atoms with van der Waals surface area (Å²) in [4.78, 5) is 16.8. The summed E-state index contributed by atoms with van der Waals surface area (Å²) in [6.45, 7) is 6.88. The second-order valence-corrected chi connectivity index (χ2v) is 7.94. The molecule has 1 atom stereocenters. The van der Waals surface area contributed by atoms with Gasteiger partial charge in [-0.25, -0.2) is 4.98 Å². The lowest BCUT2D eigenvalue weighted by Crippen LogP contribution is -2.43. The zero-order valence-corrected chi connectivity index (χ0v) is 16.0. The van der Waals surface area contributed by atoms with E-state index in [-0.39, 0.29) is 11.9 Å². The van der Waals surface area contributed by atoms with Gasteiger partial charge in [-0.1, -0.05) is 18.2 Å². The molecule has 7 nitrogen and oxygen atoms in total. The van der Waals surface area contributed by atoms with Gasteiger partial charge >= 0.3 is 0 Å². The molecule has 4 heterocycles. The maximum absolute atomic E-state index is 12.5. The molecule has 0 aliphatic carbocycles. The Kier molecular flexibility index (Phi) is 3.96. The molecular formula is C21H23N5O2. The molecule has 0 radical (unpaired) electrons. The number of pyridine rings is 1. The molecule has 0 bridgehead atoms. The van der Waals surface area contributed by atoms with Crippen LogP contribution in [-0.2, 0) is 21.5 Å². The molecule has 1 aromatic carbocycles. The van der Waals surface area contributed by atoms with Gasteiger partial charge in [-0.05, 0) is 26.0 Å². The van der Waals surface area contributed by atoms with Crippen molar-refractivity contribution in [1.29, 1.82) is 0 Å². The summed E-state index contributed by atoms with van der Waals surface area (Å²) in [6.07, 6.45) is 1.74. The highest BCUT2D eigenvalue weighted by Gasteiger charge is 2.42. The van der Waals surface area contributed by atoms with Crippen LogP contribution in [0.5, 0.6) is 0 Å². The first-order chi connectivity index (χ1) is 13.6. The molecule has 0 unspecified atom stereocenters. The first-order valence-electron chi connectivity index (χ1n) is 9.63. The zero-order valence-electron chi connectivity index (χ0n) is 16.0. The van der Waals surface area contributed by atoms with Crippen LogP contribution >= 0.6 is 0 Å². The summed E-state index contributed by atoms with van der Waals surface area (Å²) in [5.41, 5.74) is 3.18. The van der Waals surface area contributed by atoms with E-state index in [4.69, 9.17) is 9.84 Å². The van der Waals surface area contributed by atoms with E-state index in [0.29, 0.717) is 12.4 Å². The first kappa shape index (κ1) is 17.3. The molecule has 2 aromatic heterocycles. The van der Waals surface area contributed by atoms with E-state index in [1.807, 2.05) is 36.7 Å². The standard InChI is InChI=1S/C21H23N5O2/c1-21(2)17-15(7-8-23-19(17)24-20(21)27)18-14-5-3-4-6-16(14)26(25-18)11-13-12-28-10-9-22-13/h3-8,13,22H,9-12H2,1-2H3,(H,23,24,27)/t13-/m0/s1. The summed E-state index contributed by atoms with van der Waals surface area (Å²) in [5.74, 6) is 0.600. The number of hydrogen-bond acceptors (Lipinski definition) is 5. The molecule has 0 saturated carbocycles. The van der Waals surface area contributed by atoms with Crippen LogP contribution in [-0.4, -0.2) is 46.5 Å². The van der Waals surface area contributed by atoms with Gasteiger partial charge in [-0.3, -0.25) is 9.48 Å². The Morgan fingerprint density at radius 2 is 2.14 bits per heavy atom. The summed E-state index contributed by atoms with van der Waals surface area (Å²) in [5, 5.41) is 12.4. The molecule has 3 aromatic rings. The number of ether oxygens (including phenoxy) is 1. The largest absolute Gasteiger partial charge is 0.378 e. The third-order valence-corrected chi connectivity index (χ3v) is 5.68. The Morgan fingerprint density at radius 3 is 2.96 bits per heavy atom. The maximum atomic E-state index is 12.5. The number of carbonyl (C=O) groups excluding carboxylic acids is 1. The summed E-state index contributed by atoms with van der Waals surface area (Å²) >= 11 is 0. The fourth-order valence-corrected chi connectivity index (χ4v) is 4.18. The summed E-state index contributed by atoms with van der Waals surface area (Å²) < 4.78 is 7.64. The van der Waals surface area contributed by atoms with Crippen LogP contribution in [0.1, 0.15) is 19.4 Å². The maximum Gasteiger partial charge on any atom is 0.235 e. The number of amides is 1. The minimum Gasteiger partial charge on any atom is -0.378 e. The number of fused-ring (bicyclic) bond motifs is 2. The number of hydrogen-bond donors (Lipinski definition) is 2. The predicted octanol–water partition coefficient (Wildman–Crippen LogP) is 2.32. The normalized spacial score (nSPS) is 20.9. The fourth-order valence-electron chi connectivity index (χ4n) is 4.18. The van der Waals surface area contributed by atoms with E-state index in [9.17, 15) is 4.79 Å². The molecule has 7 heteroatoms. The quantitative estimate of drug-likeness (QED) is 0.732. The second kappa shape index (κ2) is 6.39. The summed E-state index contributed by atoms with van der Waals surface area (Å²) in [7, 11) is 0. The van der Waals surface area contributed by atoms with Gasteiger partial charge in [0, 0.05) is 29.3 Å². The van der Waals surface area contributed by atoms with Crippen molar-refractivity contribution in [3.05, 3.63) is 42.1 Å². The molecule has 28 heavy (non-hydrogen) atoms. The molecule has 5 rings (SSSR count). The Bertz CT molecular complexity index is 1070. The number of para-hydroxylation sites is 1. The van der Waals surface area contributed by atoms with Crippen LogP contribution in [0.3, 0.4) is 0 Å². The van der Waals surface area contributed by atoms with Gasteiger partial charge in [0.05, 0.1) is 36.7 Å². The van der Waals surface area contributed by atoms with Gasteiger partial charge in [0.25, 0.3) is 0 Å². The van der Waals surface area contributed by atoms with Crippen LogP contribution < -0.4 is 10.6 Å². The Hall–Kier alpha value is -2.77. The number of rotatable bonds is 3. The van der Waals surface area contributed by atoms with Crippen molar-refractivity contribution in [3.63, 3.8) is 0 Å². The third kappa shape index (κ3) is 2.62. The molecule has 1 saturated heterocycles. The lowest BCUT2D eigenvalue weighted by molar-refractivity contribution is -0.119. The smallest absolute Gasteiger partial charge is 0.235 e. The van der Waals surface area contributed by atoms with Gasteiger partial charge in [0.1, 0.15) is 11.5 Å². The van der Waals surface area contributed by atoms with Crippen molar-refractivity contribution in [3.8, 4) is 11.3 Å². The second-order valence-electron chi connectivity index (χ2n) is 7.94. The zero-order chi connectivity index (χ0) is 19.3. The number of nitrogens with zero attached hydrogens (tertiary/aromatic N) is 3. The van der Waals surface area contributed by atoms with Gasteiger partial charge in [0.15, 0.2) is 0 Å². The van der Waals surface area contributed by atoms with Gasteiger partial charge < -0.3 is 15.4 Å². The van der Waals surface area contributed by atoms with E-state index in [1.54, 1.807) is 6.20 Å². The molecule has 2 aliphatic heterocycles. The number of anilines is 1. The van der Waals surface area contributed by atoms with Crippen LogP contribution in [0, 0.1) is 0 Å². The highest BCUT2D eigenvalue weighted by Crippen LogP contribution is 2.43. The number of carbonyl (C=O) groups is 1. The van der Waals surface area contributed by atoms with Crippen LogP contribution in [0.2, 0.25) is 0 Å². The summed E-state index contributed by atoms with van der Waals surface area (Å²) in [6, 6.07) is 10.4. The van der Waals surface area contributed by atoms with Crippen molar-refractivity contribution in [2.24, 2.45) is 0 Å². The molecule has 1 amide bonds. The average Bonchev–Trinajstić information content (AvgIpc) is 3.18. The van der Waals surface area contributed by atoms with Crippen molar-refractivity contribution < 1.29 is 9.53 Å². The predicted molar refractivity (Wildman–Crippen MR) is 107 cm³/mol. The molecule has 1 fully saturated rings. The Balaban J connectivity index is 1.66. The lowest BCUT2D eigenvalue weighted by atomic mass is 9.83. The van der Waals surface area contributed by atoms with E-state index in [2.05, 4.69) is 27.8 Å². The number of morpholine rings is 1. The van der Waals surface area contributed by atoms with Crippen molar-refractivity contribution in [1.82, 2.24) is 20.1 Å². The van der Waals surface area contributed by atoms with Crippen LogP contribution in [0.4, 0.5) is 5.82 Å². The van der Waals surface area contributed by atoms with Crippen molar-refractivity contribution in [2.75, 3.05) is 25.1 Å². The Labute approximate surface area is 163 Å². The topological polar surface area (TPSA) is 81.1 Å². The average molecular weight is 377 g/mol. The molecule has 2 N–H and O–H groups in total. The van der Waals surface area contributed by atoms with Crippen LogP contribution in [0.15, 0.2) is 36.5 Å². The monoisotopic (exact) mass is 377 g/mol. The van der Waals surface area contributed by atoms with Crippen molar-refractivity contribution in [2.45, 2.75) is 31.8 Å². The Morgan fingerprint density at radius 1 is 1.29 bits per heavy atom. The number of benzene rings is 1. The number of nitrogens with one attached hydrogen (secondary N) is 2.